The molecule has 0 radical (unpaired) electrons. The van der Waals surface area contributed by atoms with Crippen LogP contribution in [0.15, 0.2) is 30.7 Å². The first-order chi connectivity index (χ1) is 16.1. The van der Waals surface area contributed by atoms with E-state index in [9.17, 15) is 26.7 Å². The van der Waals surface area contributed by atoms with Crippen LogP contribution in [0.25, 0.3) is 11.0 Å². The van der Waals surface area contributed by atoms with Gasteiger partial charge in [-0.2, -0.15) is 23.3 Å². The summed E-state index contributed by atoms with van der Waals surface area (Å²) < 4.78 is 65.1. The normalized spacial score (nSPS) is 18.6. The molecule has 2 saturated heterocycles. The Labute approximate surface area is 190 Å². The molecule has 0 unspecified atom stereocenters. The molecule has 5 heterocycles. The van der Waals surface area contributed by atoms with E-state index in [0.29, 0.717) is 61.6 Å². The highest BCUT2D eigenvalue weighted by atomic mass is 19.4. The van der Waals surface area contributed by atoms with Gasteiger partial charge in [-0.25, -0.2) is 23.4 Å². The summed E-state index contributed by atoms with van der Waals surface area (Å²) in [6.07, 6.45) is -1.41. The van der Waals surface area contributed by atoms with Crippen LogP contribution in [-0.2, 0) is 17.5 Å². The molecular formula is C21H20F5N7O. The number of hydrogen-bond acceptors (Lipinski definition) is 6. The van der Waals surface area contributed by atoms with E-state index in [2.05, 4.69) is 20.1 Å². The molecule has 5 rings (SSSR count). The number of hydrogen-bond donors (Lipinski definition) is 0. The monoisotopic (exact) mass is 481 g/mol. The summed E-state index contributed by atoms with van der Waals surface area (Å²) in [6.45, 7) is 0.954. The fourth-order valence-electron chi connectivity index (χ4n) is 4.63. The van der Waals surface area contributed by atoms with Crippen molar-refractivity contribution in [1.29, 1.82) is 0 Å². The minimum Gasteiger partial charge on any atom is -0.341 e. The van der Waals surface area contributed by atoms with Crippen LogP contribution < -0.4 is 9.80 Å². The molecule has 1 spiro atoms. The smallest absolute Gasteiger partial charge is 0.341 e. The Morgan fingerprint density at radius 3 is 2.47 bits per heavy atom. The quantitative estimate of drug-likeness (QED) is 0.531. The number of fused-ring (bicyclic) bond motifs is 1. The summed E-state index contributed by atoms with van der Waals surface area (Å²) in [7, 11) is 0. The van der Waals surface area contributed by atoms with E-state index in [4.69, 9.17) is 0 Å². The SMILES string of the molecule is O=C1CC2(CCN(c3ncc4cnn(CC(F)F)c4n3)CC2)CN1c1ccc(C(F)(F)F)nc1. The third kappa shape index (κ3) is 4.14. The molecule has 2 fully saturated rings. The van der Waals surface area contributed by atoms with E-state index in [1.165, 1.54) is 17.2 Å². The van der Waals surface area contributed by atoms with Crippen LogP contribution >= 0.6 is 0 Å². The molecule has 8 nitrogen and oxygen atoms in total. The minimum absolute atomic E-state index is 0.149. The van der Waals surface area contributed by atoms with Crippen LogP contribution in [0.1, 0.15) is 25.0 Å². The molecule has 180 valence electrons. The Balaban J connectivity index is 1.28. The third-order valence-corrected chi connectivity index (χ3v) is 6.45. The minimum atomic E-state index is -4.54. The first kappa shape index (κ1) is 22.4. The number of alkyl halides is 5. The lowest BCUT2D eigenvalue weighted by Crippen LogP contribution is -2.42. The average molecular weight is 481 g/mol. The number of halogens is 5. The van der Waals surface area contributed by atoms with E-state index >= 15 is 0 Å². The molecule has 0 bridgehead atoms. The van der Waals surface area contributed by atoms with E-state index in [0.717, 1.165) is 16.9 Å². The highest BCUT2D eigenvalue weighted by Crippen LogP contribution is 2.43. The van der Waals surface area contributed by atoms with Gasteiger partial charge in [0.15, 0.2) is 5.65 Å². The molecule has 2 aliphatic heterocycles. The number of anilines is 2. The first-order valence-corrected chi connectivity index (χ1v) is 10.7. The molecule has 3 aromatic rings. The summed E-state index contributed by atoms with van der Waals surface area (Å²) in [6, 6.07) is 2.15. The summed E-state index contributed by atoms with van der Waals surface area (Å²) in [5.74, 6) is 0.259. The van der Waals surface area contributed by atoms with Gasteiger partial charge in [-0.1, -0.05) is 0 Å². The third-order valence-electron chi connectivity index (χ3n) is 6.45. The van der Waals surface area contributed by atoms with Crippen molar-refractivity contribution in [3.8, 4) is 0 Å². The van der Waals surface area contributed by atoms with Crippen molar-refractivity contribution in [3.05, 3.63) is 36.4 Å². The second-order valence-electron chi connectivity index (χ2n) is 8.71. The van der Waals surface area contributed by atoms with Gasteiger partial charge in [0.2, 0.25) is 11.9 Å². The van der Waals surface area contributed by atoms with Crippen LogP contribution in [0.4, 0.5) is 33.6 Å². The number of aromatic nitrogens is 5. The summed E-state index contributed by atoms with van der Waals surface area (Å²) in [4.78, 5) is 28.4. The maximum absolute atomic E-state index is 12.8. The van der Waals surface area contributed by atoms with Gasteiger partial charge in [-0.05, 0) is 25.0 Å². The zero-order valence-corrected chi connectivity index (χ0v) is 17.8. The second kappa shape index (κ2) is 8.13. The average Bonchev–Trinajstić information content (AvgIpc) is 3.33. The molecule has 0 saturated carbocycles. The Bertz CT molecular complexity index is 1200. The van der Waals surface area contributed by atoms with Crippen LogP contribution in [0.2, 0.25) is 0 Å². The zero-order valence-electron chi connectivity index (χ0n) is 17.8. The number of rotatable bonds is 4. The Hall–Kier alpha value is -3.38. The Morgan fingerprint density at radius 1 is 1.06 bits per heavy atom. The van der Waals surface area contributed by atoms with Crippen LogP contribution in [0.5, 0.6) is 0 Å². The van der Waals surface area contributed by atoms with Crippen LogP contribution in [-0.4, -0.2) is 56.7 Å². The first-order valence-electron chi connectivity index (χ1n) is 10.7. The van der Waals surface area contributed by atoms with E-state index in [1.807, 2.05) is 4.90 Å². The molecule has 0 atom stereocenters. The number of carbonyl (C=O) groups excluding carboxylic acids is 1. The topological polar surface area (TPSA) is 80.0 Å². The number of amides is 1. The van der Waals surface area contributed by atoms with Gasteiger partial charge >= 0.3 is 6.18 Å². The highest BCUT2D eigenvalue weighted by molar-refractivity contribution is 5.96. The number of carbonyl (C=O) groups is 1. The largest absolute Gasteiger partial charge is 0.433 e. The van der Waals surface area contributed by atoms with Crippen molar-refractivity contribution in [3.63, 3.8) is 0 Å². The van der Waals surface area contributed by atoms with Gasteiger partial charge in [0.25, 0.3) is 6.43 Å². The fourth-order valence-corrected chi connectivity index (χ4v) is 4.63. The van der Waals surface area contributed by atoms with Crippen molar-refractivity contribution in [2.75, 3.05) is 29.4 Å². The van der Waals surface area contributed by atoms with Gasteiger partial charge in [0, 0.05) is 37.7 Å². The van der Waals surface area contributed by atoms with E-state index < -0.39 is 24.8 Å². The summed E-state index contributed by atoms with van der Waals surface area (Å²) in [5.41, 5.74) is -0.628. The standard InChI is InChI=1S/C21H20F5N7O/c22-16(23)11-33-18-13(9-29-33)8-28-19(30-18)31-5-3-20(4-6-31)7-17(34)32(12-20)14-1-2-15(27-10-14)21(24,25)26/h1-2,8-10,16H,3-7,11-12H2. The van der Waals surface area contributed by atoms with Crippen molar-refractivity contribution in [2.24, 2.45) is 5.41 Å². The van der Waals surface area contributed by atoms with Crippen molar-refractivity contribution < 1.29 is 26.7 Å². The molecule has 34 heavy (non-hydrogen) atoms. The molecule has 13 heteroatoms. The van der Waals surface area contributed by atoms with E-state index in [-0.39, 0.29) is 11.3 Å². The zero-order chi connectivity index (χ0) is 24.1. The van der Waals surface area contributed by atoms with Crippen molar-refractivity contribution in [1.82, 2.24) is 24.7 Å². The van der Waals surface area contributed by atoms with Gasteiger partial charge in [0.1, 0.15) is 12.2 Å². The lowest BCUT2D eigenvalue weighted by atomic mass is 9.77. The van der Waals surface area contributed by atoms with Gasteiger partial charge in [0.05, 0.1) is 23.5 Å². The Morgan fingerprint density at radius 2 is 1.82 bits per heavy atom. The molecule has 0 aliphatic carbocycles. The molecule has 3 aromatic heterocycles. The van der Waals surface area contributed by atoms with Crippen LogP contribution in [0.3, 0.4) is 0 Å². The van der Waals surface area contributed by atoms with Gasteiger partial charge in [-0.15, -0.1) is 0 Å². The predicted octanol–water partition coefficient (Wildman–Crippen LogP) is 3.53. The summed E-state index contributed by atoms with van der Waals surface area (Å²) in [5, 5.41) is 4.52. The van der Waals surface area contributed by atoms with Crippen molar-refractivity contribution >= 4 is 28.6 Å². The van der Waals surface area contributed by atoms with Gasteiger partial charge in [-0.3, -0.25) is 4.79 Å². The Kier molecular flexibility index (Phi) is 5.36. The number of nitrogens with zero attached hydrogens (tertiary/aromatic N) is 7. The molecule has 1 amide bonds. The van der Waals surface area contributed by atoms with E-state index in [1.54, 1.807) is 6.20 Å². The molecule has 0 aromatic carbocycles. The number of piperidine rings is 1. The summed E-state index contributed by atoms with van der Waals surface area (Å²) >= 11 is 0. The molecular weight excluding hydrogens is 461 g/mol. The highest BCUT2D eigenvalue weighted by Gasteiger charge is 2.46. The maximum atomic E-state index is 12.8. The number of pyridine rings is 1. The lowest BCUT2D eigenvalue weighted by Gasteiger charge is -2.38. The second-order valence-corrected chi connectivity index (χ2v) is 8.71. The predicted molar refractivity (Wildman–Crippen MR) is 111 cm³/mol. The fraction of sp³-hybridized carbons (Fsp3) is 0.476. The maximum Gasteiger partial charge on any atom is 0.433 e. The molecule has 2 aliphatic rings. The van der Waals surface area contributed by atoms with Crippen molar-refractivity contribution in [2.45, 2.75) is 38.4 Å². The van der Waals surface area contributed by atoms with Crippen LogP contribution in [0, 0.1) is 5.41 Å². The van der Waals surface area contributed by atoms with Gasteiger partial charge < -0.3 is 9.80 Å². The molecule has 0 N–H and O–H groups in total. The lowest BCUT2D eigenvalue weighted by molar-refractivity contribution is -0.141.